The van der Waals surface area contributed by atoms with E-state index in [1.807, 2.05) is 0 Å². The van der Waals surface area contributed by atoms with E-state index in [4.69, 9.17) is 0 Å². The SMILES string of the molecule is C=CCS(=O)(=O)Nc1nncs1. The maximum atomic E-state index is 11.1. The maximum absolute atomic E-state index is 11.1. The molecule has 66 valence electrons. The first kappa shape index (κ1) is 9.14. The van der Waals surface area contributed by atoms with Crippen LogP contribution in [-0.2, 0) is 10.0 Å². The van der Waals surface area contributed by atoms with E-state index in [-0.39, 0.29) is 10.9 Å². The monoisotopic (exact) mass is 205 g/mol. The van der Waals surface area contributed by atoms with Gasteiger partial charge in [-0.1, -0.05) is 17.4 Å². The highest BCUT2D eigenvalue weighted by molar-refractivity contribution is 7.93. The lowest BCUT2D eigenvalue weighted by Crippen LogP contribution is -2.14. The normalized spacial score (nSPS) is 11.0. The van der Waals surface area contributed by atoms with Crippen LogP contribution in [0.4, 0.5) is 5.13 Å². The summed E-state index contributed by atoms with van der Waals surface area (Å²) < 4.78 is 24.4. The number of nitrogens with zero attached hydrogens (tertiary/aromatic N) is 2. The van der Waals surface area contributed by atoms with Gasteiger partial charge >= 0.3 is 0 Å². The van der Waals surface area contributed by atoms with Gasteiger partial charge in [0.25, 0.3) is 0 Å². The average molecular weight is 205 g/mol. The standard InChI is InChI=1S/C5H7N3O2S2/c1-2-3-12(9,10)8-5-7-6-4-11-5/h2,4H,1,3H2,(H,7,8). The second kappa shape index (κ2) is 3.63. The number of aromatic nitrogens is 2. The number of rotatable bonds is 4. The van der Waals surface area contributed by atoms with Crippen molar-refractivity contribution < 1.29 is 8.42 Å². The van der Waals surface area contributed by atoms with E-state index in [0.717, 1.165) is 11.3 Å². The van der Waals surface area contributed by atoms with Crippen LogP contribution < -0.4 is 4.72 Å². The van der Waals surface area contributed by atoms with E-state index in [1.165, 1.54) is 11.6 Å². The third kappa shape index (κ3) is 2.59. The molecule has 1 aromatic rings. The topological polar surface area (TPSA) is 72.0 Å². The first-order valence-corrected chi connectivity index (χ1v) is 5.55. The Kier molecular flexibility index (Phi) is 2.77. The molecule has 0 amide bonds. The van der Waals surface area contributed by atoms with Gasteiger partial charge in [0.15, 0.2) is 0 Å². The van der Waals surface area contributed by atoms with Gasteiger partial charge in [-0.25, -0.2) is 8.42 Å². The van der Waals surface area contributed by atoms with Crippen LogP contribution >= 0.6 is 11.3 Å². The highest BCUT2D eigenvalue weighted by Gasteiger charge is 2.08. The number of hydrogen-bond acceptors (Lipinski definition) is 5. The summed E-state index contributed by atoms with van der Waals surface area (Å²) in [4.78, 5) is 0. The minimum atomic E-state index is -3.31. The summed E-state index contributed by atoms with van der Waals surface area (Å²) in [5.74, 6) is -0.118. The number of anilines is 1. The number of hydrogen-bond donors (Lipinski definition) is 1. The molecule has 12 heavy (non-hydrogen) atoms. The first-order chi connectivity index (χ1) is 5.64. The van der Waals surface area contributed by atoms with Gasteiger partial charge in [0, 0.05) is 0 Å². The van der Waals surface area contributed by atoms with Gasteiger partial charge in [-0.15, -0.1) is 16.8 Å². The Morgan fingerprint density at radius 1 is 1.75 bits per heavy atom. The number of nitrogens with one attached hydrogen (secondary N) is 1. The van der Waals surface area contributed by atoms with Crippen molar-refractivity contribution in [2.45, 2.75) is 0 Å². The molecule has 7 heteroatoms. The summed E-state index contributed by atoms with van der Waals surface area (Å²) in [6.45, 7) is 3.32. The molecule has 0 aliphatic carbocycles. The van der Waals surface area contributed by atoms with Crippen molar-refractivity contribution in [1.82, 2.24) is 10.2 Å². The minimum absolute atomic E-state index is 0.118. The summed E-state index contributed by atoms with van der Waals surface area (Å²) in [7, 11) is -3.31. The van der Waals surface area contributed by atoms with E-state index in [9.17, 15) is 8.42 Å². The smallest absolute Gasteiger partial charge is 0.238 e. The van der Waals surface area contributed by atoms with Crippen LogP contribution in [-0.4, -0.2) is 24.4 Å². The molecule has 0 radical (unpaired) electrons. The quantitative estimate of drug-likeness (QED) is 0.725. The summed E-state index contributed by atoms with van der Waals surface area (Å²) in [5, 5.41) is 7.28. The minimum Gasteiger partial charge on any atom is -0.257 e. The molecule has 0 saturated heterocycles. The largest absolute Gasteiger partial charge is 0.257 e. The van der Waals surface area contributed by atoms with Crippen LogP contribution in [0.1, 0.15) is 0 Å². The fourth-order valence-electron chi connectivity index (χ4n) is 0.547. The molecule has 1 N–H and O–H groups in total. The zero-order chi connectivity index (χ0) is 9.03. The van der Waals surface area contributed by atoms with Gasteiger partial charge in [0.1, 0.15) is 5.51 Å². The molecule has 1 rings (SSSR count). The molecular weight excluding hydrogens is 198 g/mol. The molecule has 0 fully saturated rings. The Hall–Kier alpha value is -0.950. The van der Waals surface area contributed by atoms with Gasteiger partial charge < -0.3 is 0 Å². The predicted octanol–water partition coefficient (Wildman–Crippen LogP) is 0.466. The van der Waals surface area contributed by atoms with E-state index in [1.54, 1.807) is 0 Å². The lowest BCUT2D eigenvalue weighted by Gasteiger charge is -1.99. The molecule has 0 spiro atoms. The van der Waals surface area contributed by atoms with Crippen LogP contribution in [0, 0.1) is 0 Å². The molecule has 0 aliphatic heterocycles. The van der Waals surface area contributed by atoms with Crippen molar-refractivity contribution in [2.75, 3.05) is 10.5 Å². The second-order valence-electron chi connectivity index (χ2n) is 1.92. The molecule has 0 aliphatic rings. The van der Waals surface area contributed by atoms with E-state index >= 15 is 0 Å². The highest BCUT2D eigenvalue weighted by atomic mass is 32.2. The molecule has 0 bridgehead atoms. The van der Waals surface area contributed by atoms with E-state index in [0.29, 0.717) is 0 Å². The third-order valence-electron chi connectivity index (χ3n) is 0.940. The molecule has 1 heterocycles. The summed E-state index contributed by atoms with van der Waals surface area (Å²) in [6.07, 6.45) is 1.31. The Labute approximate surface area is 74.2 Å². The van der Waals surface area contributed by atoms with Gasteiger partial charge in [-0.3, -0.25) is 4.72 Å². The van der Waals surface area contributed by atoms with Crippen molar-refractivity contribution in [2.24, 2.45) is 0 Å². The Morgan fingerprint density at radius 2 is 2.50 bits per heavy atom. The van der Waals surface area contributed by atoms with E-state index in [2.05, 4.69) is 21.5 Å². The van der Waals surface area contributed by atoms with Crippen molar-refractivity contribution in [3.63, 3.8) is 0 Å². The van der Waals surface area contributed by atoms with Crippen LogP contribution in [0.2, 0.25) is 0 Å². The Morgan fingerprint density at radius 3 is 3.00 bits per heavy atom. The van der Waals surface area contributed by atoms with Crippen molar-refractivity contribution >= 4 is 26.5 Å². The Bertz CT molecular complexity index is 343. The maximum Gasteiger partial charge on any atom is 0.238 e. The van der Waals surface area contributed by atoms with Crippen molar-refractivity contribution in [3.8, 4) is 0 Å². The number of sulfonamides is 1. The van der Waals surface area contributed by atoms with Gasteiger partial charge in [0.2, 0.25) is 15.2 Å². The van der Waals surface area contributed by atoms with Crippen LogP contribution in [0.15, 0.2) is 18.2 Å². The summed E-state index contributed by atoms with van der Waals surface area (Å²) in [6, 6.07) is 0. The fraction of sp³-hybridized carbons (Fsp3) is 0.200. The predicted molar refractivity (Wildman–Crippen MR) is 47.5 cm³/mol. The van der Waals surface area contributed by atoms with E-state index < -0.39 is 10.0 Å². The highest BCUT2D eigenvalue weighted by Crippen LogP contribution is 2.09. The molecular formula is C5H7N3O2S2. The Balaban J connectivity index is 2.69. The zero-order valence-corrected chi connectivity index (χ0v) is 7.73. The molecule has 0 aromatic carbocycles. The van der Waals surface area contributed by atoms with Crippen LogP contribution in [0.5, 0.6) is 0 Å². The lowest BCUT2D eigenvalue weighted by atomic mass is 10.8. The van der Waals surface area contributed by atoms with Gasteiger partial charge in [-0.05, 0) is 0 Å². The first-order valence-electron chi connectivity index (χ1n) is 3.01. The second-order valence-corrected chi connectivity index (χ2v) is 4.52. The molecule has 5 nitrogen and oxygen atoms in total. The van der Waals surface area contributed by atoms with Crippen molar-refractivity contribution in [3.05, 3.63) is 18.2 Å². The summed E-state index contributed by atoms with van der Waals surface area (Å²) >= 11 is 1.13. The lowest BCUT2D eigenvalue weighted by molar-refractivity contribution is 0.604. The summed E-state index contributed by atoms with van der Waals surface area (Å²) in [5.41, 5.74) is 1.45. The van der Waals surface area contributed by atoms with Crippen LogP contribution in [0.25, 0.3) is 0 Å². The zero-order valence-electron chi connectivity index (χ0n) is 6.10. The van der Waals surface area contributed by atoms with Gasteiger partial charge in [-0.2, -0.15) is 0 Å². The molecule has 0 unspecified atom stereocenters. The fourth-order valence-corrected chi connectivity index (χ4v) is 2.11. The van der Waals surface area contributed by atoms with Crippen molar-refractivity contribution in [1.29, 1.82) is 0 Å². The molecule has 1 aromatic heterocycles. The van der Waals surface area contributed by atoms with Gasteiger partial charge in [0.05, 0.1) is 5.75 Å². The molecule has 0 saturated carbocycles. The average Bonchev–Trinajstić information content (AvgIpc) is 2.38. The third-order valence-corrected chi connectivity index (χ3v) is 2.85. The van der Waals surface area contributed by atoms with Crippen LogP contribution in [0.3, 0.4) is 0 Å². The molecule has 0 atom stereocenters.